The summed E-state index contributed by atoms with van der Waals surface area (Å²) < 4.78 is 16.3. The van der Waals surface area contributed by atoms with Crippen molar-refractivity contribution in [2.75, 3.05) is 12.4 Å². The molecule has 1 atom stereocenters. The molecule has 1 unspecified atom stereocenters. The van der Waals surface area contributed by atoms with E-state index in [1.807, 2.05) is 48.5 Å². The highest BCUT2D eigenvalue weighted by Crippen LogP contribution is 2.33. The smallest absolute Gasteiger partial charge is 0.339 e. The fourth-order valence-electron chi connectivity index (χ4n) is 4.07. The molecule has 8 nitrogen and oxygen atoms in total. The summed E-state index contributed by atoms with van der Waals surface area (Å²) in [6.07, 6.45) is -1.15. The monoisotopic (exact) mass is 494 g/mol. The predicted octanol–water partition coefficient (Wildman–Crippen LogP) is 5.62. The maximum absolute atomic E-state index is 13.3. The van der Waals surface area contributed by atoms with Gasteiger partial charge in [-0.1, -0.05) is 48.5 Å². The summed E-state index contributed by atoms with van der Waals surface area (Å²) in [5, 5.41) is 4.02. The number of nitrogens with zero attached hydrogens (tertiary/aromatic N) is 1. The van der Waals surface area contributed by atoms with E-state index in [1.54, 1.807) is 30.3 Å². The quantitative estimate of drug-likeness (QED) is 0.305. The molecule has 1 amide bonds. The predicted molar refractivity (Wildman–Crippen MR) is 138 cm³/mol. The molecule has 0 saturated heterocycles. The van der Waals surface area contributed by atoms with Gasteiger partial charge in [0.2, 0.25) is 5.89 Å². The van der Waals surface area contributed by atoms with Crippen molar-refractivity contribution >= 4 is 45.4 Å². The normalized spacial score (nSPS) is 11.7. The molecule has 1 aromatic heterocycles. The number of amides is 1. The number of esters is 2. The number of para-hydroxylation sites is 3. The second-order valence-corrected chi connectivity index (χ2v) is 8.27. The van der Waals surface area contributed by atoms with Gasteiger partial charge in [-0.15, -0.1) is 0 Å². The second kappa shape index (κ2) is 9.94. The lowest BCUT2D eigenvalue weighted by Crippen LogP contribution is -2.30. The summed E-state index contributed by atoms with van der Waals surface area (Å²) in [6, 6.07) is 24.6. The maximum Gasteiger partial charge on any atom is 0.339 e. The number of carbonyl (C=O) groups excluding carboxylic acids is 3. The van der Waals surface area contributed by atoms with Crippen molar-refractivity contribution in [2.24, 2.45) is 0 Å². The lowest BCUT2D eigenvalue weighted by Gasteiger charge is -2.16. The third kappa shape index (κ3) is 4.64. The molecule has 0 radical (unpaired) electrons. The minimum absolute atomic E-state index is 0.189. The van der Waals surface area contributed by atoms with Gasteiger partial charge in [-0.3, -0.25) is 4.79 Å². The summed E-state index contributed by atoms with van der Waals surface area (Å²) in [6.45, 7) is 1.46. The van der Waals surface area contributed by atoms with Crippen molar-refractivity contribution in [3.05, 3.63) is 96.1 Å². The average molecular weight is 495 g/mol. The van der Waals surface area contributed by atoms with Gasteiger partial charge < -0.3 is 19.2 Å². The lowest BCUT2D eigenvalue weighted by molar-refractivity contribution is -0.123. The Morgan fingerprint density at radius 1 is 0.838 bits per heavy atom. The van der Waals surface area contributed by atoms with Gasteiger partial charge in [-0.2, -0.15) is 0 Å². The van der Waals surface area contributed by atoms with Crippen molar-refractivity contribution in [3.63, 3.8) is 0 Å². The van der Waals surface area contributed by atoms with Crippen LogP contribution in [-0.4, -0.2) is 36.0 Å². The zero-order valence-electron chi connectivity index (χ0n) is 20.1. The molecular weight excluding hydrogens is 472 g/mol. The van der Waals surface area contributed by atoms with Crippen molar-refractivity contribution in [2.45, 2.75) is 13.0 Å². The van der Waals surface area contributed by atoms with E-state index < -0.39 is 23.9 Å². The number of anilines is 1. The number of oxazole rings is 1. The molecule has 1 heterocycles. The Hall–Kier alpha value is -4.98. The van der Waals surface area contributed by atoms with E-state index in [1.165, 1.54) is 20.1 Å². The summed E-state index contributed by atoms with van der Waals surface area (Å²) in [5.74, 6) is -1.50. The number of hydrogen-bond donors (Lipinski definition) is 1. The average Bonchev–Trinajstić information content (AvgIpc) is 3.36. The molecule has 0 aliphatic carbocycles. The molecule has 8 heteroatoms. The first-order chi connectivity index (χ1) is 18.0. The van der Waals surface area contributed by atoms with Crippen molar-refractivity contribution in [1.29, 1.82) is 0 Å². The number of carbonyl (C=O) groups is 3. The fourth-order valence-corrected chi connectivity index (χ4v) is 4.07. The van der Waals surface area contributed by atoms with E-state index in [0.29, 0.717) is 27.9 Å². The van der Waals surface area contributed by atoms with Crippen LogP contribution in [0.1, 0.15) is 27.6 Å². The van der Waals surface area contributed by atoms with Gasteiger partial charge in [0.15, 0.2) is 11.7 Å². The van der Waals surface area contributed by atoms with Gasteiger partial charge in [-0.25, -0.2) is 14.6 Å². The first-order valence-electron chi connectivity index (χ1n) is 11.5. The van der Waals surface area contributed by atoms with Gasteiger partial charge in [0.1, 0.15) is 5.52 Å². The molecule has 1 N–H and O–H groups in total. The number of fused-ring (bicyclic) bond motifs is 2. The Morgan fingerprint density at radius 2 is 1.54 bits per heavy atom. The van der Waals surface area contributed by atoms with Gasteiger partial charge in [0.05, 0.1) is 23.9 Å². The number of hydrogen-bond acceptors (Lipinski definition) is 7. The first-order valence-corrected chi connectivity index (χ1v) is 11.5. The van der Waals surface area contributed by atoms with Gasteiger partial charge in [0.25, 0.3) is 5.91 Å². The van der Waals surface area contributed by atoms with Crippen LogP contribution in [0.3, 0.4) is 0 Å². The molecule has 0 spiro atoms. The SMILES string of the molecule is COC(=O)c1ccccc1NC(=O)C(C)OC(=O)c1cccc2cccc(-c3nc4ccccc4o3)c12. The maximum atomic E-state index is 13.3. The molecule has 0 aliphatic rings. The standard InChI is InChI=1S/C29H22N2O6/c1-17(26(32)30-22-14-4-3-11-19(22)28(33)35-2)36-29(34)21-13-8-10-18-9-7-12-20(25(18)21)27-31-23-15-5-6-16-24(23)37-27/h3-17H,1-2H3,(H,30,32). The molecular formula is C29H22N2O6. The topological polar surface area (TPSA) is 108 Å². The largest absolute Gasteiger partial charge is 0.465 e. The van der Waals surface area contributed by atoms with Crippen molar-refractivity contribution in [3.8, 4) is 11.5 Å². The van der Waals surface area contributed by atoms with E-state index in [4.69, 9.17) is 13.9 Å². The van der Waals surface area contributed by atoms with Crippen LogP contribution in [0.2, 0.25) is 0 Å². The van der Waals surface area contributed by atoms with E-state index in [0.717, 1.165) is 5.39 Å². The molecule has 5 aromatic rings. The van der Waals surface area contributed by atoms with Crippen LogP contribution in [0.4, 0.5) is 5.69 Å². The molecule has 4 aromatic carbocycles. The van der Waals surface area contributed by atoms with E-state index in [9.17, 15) is 14.4 Å². The van der Waals surface area contributed by atoms with E-state index in [2.05, 4.69) is 10.3 Å². The van der Waals surface area contributed by atoms with Crippen LogP contribution in [0.25, 0.3) is 33.3 Å². The zero-order valence-corrected chi connectivity index (χ0v) is 20.1. The Bertz CT molecular complexity index is 1620. The number of rotatable bonds is 6. The summed E-state index contributed by atoms with van der Waals surface area (Å²) in [5.41, 5.74) is 2.68. The zero-order chi connectivity index (χ0) is 25.9. The minimum Gasteiger partial charge on any atom is -0.465 e. The molecule has 0 bridgehead atoms. The van der Waals surface area contributed by atoms with Gasteiger partial charge in [0, 0.05) is 10.9 Å². The Kier molecular flexibility index (Phi) is 6.38. The summed E-state index contributed by atoms with van der Waals surface area (Å²) in [4.78, 5) is 42.7. The van der Waals surface area contributed by atoms with Crippen LogP contribution in [-0.2, 0) is 14.3 Å². The summed E-state index contributed by atoms with van der Waals surface area (Å²) >= 11 is 0. The number of aromatic nitrogens is 1. The Morgan fingerprint density at radius 3 is 2.32 bits per heavy atom. The first kappa shape index (κ1) is 23.7. The molecule has 0 fully saturated rings. The summed E-state index contributed by atoms with van der Waals surface area (Å²) in [7, 11) is 1.25. The third-order valence-corrected chi connectivity index (χ3v) is 5.89. The highest BCUT2D eigenvalue weighted by Gasteiger charge is 2.24. The highest BCUT2D eigenvalue weighted by molar-refractivity contribution is 6.11. The number of ether oxygens (including phenoxy) is 2. The Labute approximate surface area is 211 Å². The molecule has 0 aliphatic heterocycles. The van der Waals surface area contributed by atoms with Crippen LogP contribution in [0.15, 0.2) is 89.3 Å². The highest BCUT2D eigenvalue weighted by atomic mass is 16.5. The third-order valence-electron chi connectivity index (χ3n) is 5.89. The van der Waals surface area contributed by atoms with E-state index >= 15 is 0 Å². The molecule has 37 heavy (non-hydrogen) atoms. The molecule has 5 rings (SSSR count). The molecule has 184 valence electrons. The van der Waals surface area contributed by atoms with Crippen molar-refractivity contribution < 1.29 is 28.3 Å². The van der Waals surface area contributed by atoms with Crippen LogP contribution >= 0.6 is 0 Å². The van der Waals surface area contributed by atoms with Crippen LogP contribution in [0, 0.1) is 0 Å². The number of benzene rings is 4. The Balaban J connectivity index is 1.43. The second-order valence-electron chi connectivity index (χ2n) is 8.27. The minimum atomic E-state index is -1.15. The van der Waals surface area contributed by atoms with Gasteiger partial charge >= 0.3 is 11.9 Å². The van der Waals surface area contributed by atoms with E-state index in [-0.39, 0.29) is 16.8 Å². The van der Waals surface area contributed by atoms with Crippen LogP contribution in [0.5, 0.6) is 0 Å². The van der Waals surface area contributed by atoms with Crippen LogP contribution < -0.4 is 5.32 Å². The van der Waals surface area contributed by atoms with Gasteiger partial charge in [-0.05, 0) is 48.7 Å². The lowest BCUT2D eigenvalue weighted by atomic mass is 9.99. The number of nitrogens with one attached hydrogen (secondary N) is 1. The fraction of sp³-hybridized carbons (Fsp3) is 0.103. The molecule has 0 saturated carbocycles. The number of methoxy groups -OCH3 is 1. The van der Waals surface area contributed by atoms with Crippen molar-refractivity contribution in [1.82, 2.24) is 4.98 Å².